The lowest BCUT2D eigenvalue weighted by Crippen LogP contribution is -2.38. The zero-order chi connectivity index (χ0) is 22.9. The molecule has 0 saturated carbocycles. The molecule has 1 N–H and O–H groups in total. The third-order valence-corrected chi connectivity index (χ3v) is 6.73. The van der Waals surface area contributed by atoms with E-state index in [0.29, 0.717) is 42.2 Å². The standard InChI is InChI=1S/C25H25ClN4O3/c1-15-7-8-18(11-21(15)26)29-25(31)30-12-17(13-33-23-9-10-27-16(2)28-23)20-14-32-22-6-4-3-5-19(22)24(20)30/h3-11,17,20,24H,12-14H2,1-2H3,(H,29,31)/t17-,20-,24-/m0/s1. The summed E-state index contributed by atoms with van der Waals surface area (Å²) < 4.78 is 12.1. The fraction of sp³-hybridized carbons (Fsp3) is 0.320. The lowest BCUT2D eigenvalue weighted by molar-refractivity contribution is 0.128. The van der Waals surface area contributed by atoms with Gasteiger partial charge in [-0.15, -0.1) is 0 Å². The van der Waals surface area contributed by atoms with Gasteiger partial charge in [0.05, 0.1) is 19.3 Å². The number of hydrogen-bond acceptors (Lipinski definition) is 5. The molecule has 1 fully saturated rings. The predicted octanol–water partition coefficient (Wildman–Crippen LogP) is 5.04. The molecule has 3 atom stereocenters. The molecule has 3 aromatic rings. The fourth-order valence-corrected chi connectivity index (χ4v) is 4.80. The second-order valence-electron chi connectivity index (χ2n) is 8.52. The van der Waals surface area contributed by atoms with Crippen LogP contribution in [-0.2, 0) is 0 Å². The van der Waals surface area contributed by atoms with Crippen LogP contribution in [0, 0.1) is 25.7 Å². The Morgan fingerprint density at radius 1 is 1.24 bits per heavy atom. The maximum atomic E-state index is 13.4. The van der Waals surface area contributed by atoms with E-state index in [9.17, 15) is 4.79 Å². The Morgan fingerprint density at radius 2 is 2.09 bits per heavy atom. The van der Waals surface area contributed by atoms with Crippen LogP contribution in [0.5, 0.6) is 11.6 Å². The number of hydrogen-bond donors (Lipinski definition) is 1. The monoisotopic (exact) mass is 464 g/mol. The minimum absolute atomic E-state index is 0.0889. The molecular weight excluding hydrogens is 440 g/mol. The van der Waals surface area contributed by atoms with Crippen molar-refractivity contribution in [1.29, 1.82) is 0 Å². The van der Waals surface area contributed by atoms with Crippen LogP contribution in [0.2, 0.25) is 5.02 Å². The number of likely N-dealkylation sites (tertiary alicyclic amines) is 1. The van der Waals surface area contributed by atoms with Crippen molar-refractivity contribution in [3.8, 4) is 11.6 Å². The van der Waals surface area contributed by atoms with Crippen molar-refractivity contribution in [1.82, 2.24) is 14.9 Å². The summed E-state index contributed by atoms with van der Waals surface area (Å²) in [4.78, 5) is 23.7. The third-order valence-electron chi connectivity index (χ3n) is 6.33. The number of benzene rings is 2. The van der Waals surface area contributed by atoms with Crippen LogP contribution in [0.4, 0.5) is 10.5 Å². The maximum Gasteiger partial charge on any atom is 0.322 e. The molecule has 2 aliphatic rings. The first-order valence-electron chi connectivity index (χ1n) is 11.0. The summed E-state index contributed by atoms with van der Waals surface area (Å²) in [6, 6.07) is 14.9. The van der Waals surface area contributed by atoms with Gasteiger partial charge in [0.1, 0.15) is 11.6 Å². The molecule has 0 unspecified atom stereocenters. The normalized spacial score (nSPS) is 21.1. The summed E-state index contributed by atoms with van der Waals surface area (Å²) in [6.07, 6.45) is 1.68. The molecule has 0 spiro atoms. The Hall–Kier alpha value is -3.32. The smallest absolute Gasteiger partial charge is 0.322 e. The number of aryl methyl sites for hydroxylation is 2. The van der Waals surface area contributed by atoms with Crippen LogP contribution in [0.25, 0.3) is 0 Å². The minimum Gasteiger partial charge on any atom is -0.493 e. The number of para-hydroxylation sites is 1. The van der Waals surface area contributed by atoms with Gasteiger partial charge >= 0.3 is 6.03 Å². The highest BCUT2D eigenvalue weighted by atomic mass is 35.5. The third kappa shape index (κ3) is 4.33. The lowest BCUT2D eigenvalue weighted by atomic mass is 9.86. The molecule has 33 heavy (non-hydrogen) atoms. The number of rotatable bonds is 4. The molecule has 5 rings (SSSR count). The van der Waals surface area contributed by atoms with Crippen molar-refractivity contribution in [3.05, 3.63) is 76.7 Å². The summed E-state index contributed by atoms with van der Waals surface area (Å²) in [6.45, 7) is 5.26. The van der Waals surface area contributed by atoms with Crippen molar-refractivity contribution in [2.45, 2.75) is 19.9 Å². The summed E-state index contributed by atoms with van der Waals surface area (Å²) in [5.74, 6) is 2.21. The van der Waals surface area contributed by atoms with Gasteiger partial charge < -0.3 is 19.7 Å². The summed E-state index contributed by atoms with van der Waals surface area (Å²) in [5, 5.41) is 3.64. The Labute approximate surface area is 197 Å². The highest BCUT2D eigenvalue weighted by molar-refractivity contribution is 6.31. The molecule has 0 radical (unpaired) electrons. The van der Waals surface area contributed by atoms with Gasteiger partial charge in [-0.05, 0) is 37.6 Å². The highest BCUT2D eigenvalue weighted by Gasteiger charge is 2.48. The molecule has 1 aromatic heterocycles. The van der Waals surface area contributed by atoms with E-state index in [0.717, 1.165) is 16.9 Å². The summed E-state index contributed by atoms with van der Waals surface area (Å²) in [7, 11) is 0. The van der Waals surface area contributed by atoms with Crippen molar-refractivity contribution >= 4 is 23.3 Å². The van der Waals surface area contributed by atoms with Crippen molar-refractivity contribution < 1.29 is 14.3 Å². The van der Waals surface area contributed by atoms with Gasteiger partial charge in [-0.1, -0.05) is 35.9 Å². The van der Waals surface area contributed by atoms with E-state index in [1.54, 1.807) is 18.3 Å². The van der Waals surface area contributed by atoms with Crippen molar-refractivity contribution in [3.63, 3.8) is 0 Å². The number of nitrogens with one attached hydrogen (secondary N) is 1. The fourth-order valence-electron chi connectivity index (χ4n) is 4.62. The highest BCUT2D eigenvalue weighted by Crippen LogP contribution is 2.47. The van der Waals surface area contributed by atoms with E-state index in [2.05, 4.69) is 15.3 Å². The molecular formula is C25H25ClN4O3. The van der Waals surface area contributed by atoms with Crippen LogP contribution < -0.4 is 14.8 Å². The molecule has 0 bridgehead atoms. The molecule has 2 amide bonds. The summed E-state index contributed by atoms with van der Waals surface area (Å²) >= 11 is 6.26. The maximum absolute atomic E-state index is 13.4. The minimum atomic E-state index is -0.165. The number of urea groups is 1. The molecule has 1 saturated heterocycles. The zero-order valence-electron chi connectivity index (χ0n) is 18.5. The van der Waals surface area contributed by atoms with E-state index < -0.39 is 0 Å². The average Bonchev–Trinajstić information content (AvgIpc) is 3.19. The molecule has 170 valence electrons. The Bertz CT molecular complexity index is 1190. The van der Waals surface area contributed by atoms with Gasteiger partial charge in [0, 0.05) is 46.9 Å². The van der Waals surface area contributed by atoms with E-state index in [1.165, 1.54) is 0 Å². The van der Waals surface area contributed by atoms with Crippen molar-refractivity contribution in [2.24, 2.45) is 11.8 Å². The van der Waals surface area contributed by atoms with Crippen molar-refractivity contribution in [2.75, 3.05) is 25.1 Å². The first-order valence-corrected chi connectivity index (χ1v) is 11.4. The van der Waals surface area contributed by atoms with Gasteiger partial charge in [0.25, 0.3) is 0 Å². The SMILES string of the molecule is Cc1nccc(OC[C@@H]2CN(C(=O)Nc3ccc(C)c(Cl)c3)[C@H]3c4ccccc4OC[C@@H]23)n1. The largest absolute Gasteiger partial charge is 0.493 e. The number of carbonyl (C=O) groups excluding carboxylic acids is 1. The van der Waals surface area contributed by atoms with Crippen LogP contribution in [0.15, 0.2) is 54.7 Å². The molecule has 3 heterocycles. The Kier molecular flexibility index (Phi) is 5.81. The first-order chi connectivity index (χ1) is 16.0. The first kappa shape index (κ1) is 21.5. The Morgan fingerprint density at radius 3 is 2.91 bits per heavy atom. The Balaban J connectivity index is 1.39. The summed E-state index contributed by atoms with van der Waals surface area (Å²) in [5.41, 5.74) is 2.65. The number of aromatic nitrogens is 2. The van der Waals surface area contributed by atoms with Gasteiger partial charge in [-0.25, -0.2) is 9.78 Å². The van der Waals surface area contributed by atoms with Crippen LogP contribution in [0.1, 0.15) is 23.0 Å². The number of carbonyl (C=O) groups is 1. The molecule has 2 aromatic carbocycles. The number of amides is 2. The van der Waals surface area contributed by atoms with E-state index in [1.807, 2.05) is 55.1 Å². The van der Waals surface area contributed by atoms with Gasteiger partial charge in [-0.2, -0.15) is 4.98 Å². The van der Waals surface area contributed by atoms with Crippen LogP contribution >= 0.6 is 11.6 Å². The zero-order valence-corrected chi connectivity index (χ0v) is 19.2. The number of fused-ring (bicyclic) bond motifs is 3. The number of nitrogens with zero attached hydrogens (tertiary/aromatic N) is 3. The lowest BCUT2D eigenvalue weighted by Gasteiger charge is -2.34. The number of anilines is 1. The van der Waals surface area contributed by atoms with Gasteiger partial charge in [-0.3, -0.25) is 0 Å². The molecule has 8 heteroatoms. The second kappa shape index (κ2) is 8.90. The van der Waals surface area contributed by atoms with Gasteiger partial charge in [0.15, 0.2) is 0 Å². The molecule has 0 aliphatic carbocycles. The molecule has 7 nitrogen and oxygen atoms in total. The van der Waals surface area contributed by atoms with E-state index >= 15 is 0 Å². The van der Waals surface area contributed by atoms with Crippen LogP contribution in [-0.4, -0.2) is 40.7 Å². The predicted molar refractivity (Wildman–Crippen MR) is 126 cm³/mol. The van der Waals surface area contributed by atoms with Crippen LogP contribution in [0.3, 0.4) is 0 Å². The number of halogens is 1. The van der Waals surface area contributed by atoms with Gasteiger partial charge in [0.2, 0.25) is 5.88 Å². The van der Waals surface area contributed by atoms with E-state index in [-0.39, 0.29) is 23.9 Å². The average molecular weight is 465 g/mol. The molecule has 2 aliphatic heterocycles. The quantitative estimate of drug-likeness (QED) is 0.585. The number of ether oxygens (including phenoxy) is 2. The topological polar surface area (TPSA) is 76.6 Å². The van der Waals surface area contributed by atoms with E-state index in [4.69, 9.17) is 21.1 Å². The second-order valence-corrected chi connectivity index (χ2v) is 8.92.